The smallest absolute Gasteiger partial charge is 0.136 e. The van der Waals surface area contributed by atoms with Crippen LogP contribution in [0.4, 0.5) is 0 Å². The molecule has 1 heterocycles. The van der Waals surface area contributed by atoms with Crippen molar-refractivity contribution in [3.63, 3.8) is 0 Å². The lowest BCUT2D eigenvalue weighted by Gasteiger charge is -2.22. The van der Waals surface area contributed by atoms with Crippen molar-refractivity contribution in [1.29, 1.82) is 0 Å². The summed E-state index contributed by atoms with van der Waals surface area (Å²) >= 11 is 0. The van der Waals surface area contributed by atoms with Gasteiger partial charge in [0.1, 0.15) is 5.70 Å². The maximum absolute atomic E-state index is 11.3. The molecule has 1 aromatic rings. The van der Waals surface area contributed by atoms with Crippen molar-refractivity contribution in [3.8, 4) is 0 Å². The Morgan fingerprint density at radius 1 is 1.29 bits per heavy atom. The molecule has 17 heavy (non-hydrogen) atoms. The van der Waals surface area contributed by atoms with Crippen molar-refractivity contribution in [3.05, 3.63) is 64.4 Å². The van der Waals surface area contributed by atoms with E-state index in [1.807, 2.05) is 47.9 Å². The average Bonchev–Trinajstić information content (AvgIpc) is 2.39. The molecule has 0 fully saturated rings. The summed E-state index contributed by atoms with van der Waals surface area (Å²) in [6, 6.07) is 9.97. The van der Waals surface area contributed by atoms with E-state index in [9.17, 15) is 5.21 Å². The van der Waals surface area contributed by atoms with Gasteiger partial charge in [-0.05, 0) is 10.9 Å². The predicted molar refractivity (Wildman–Crippen MR) is 74.5 cm³/mol. The van der Waals surface area contributed by atoms with Crippen LogP contribution >= 0.6 is 10.5 Å². The molecule has 2 rings (SSSR count). The van der Waals surface area contributed by atoms with E-state index in [1.165, 1.54) is 0 Å². The lowest BCUT2D eigenvalue weighted by atomic mass is 10.2. The van der Waals surface area contributed by atoms with Crippen LogP contribution in [0.5, 0.6) is 0 Å². The zero-order valence-electron chi connectivity index (χ0n) is 9.67. The van der Waals surface area contributed by atoms with Crippen LogP contribution in [0.15, 0.2) is 53.6 Å². The second kappa shape index (κ2) is 5.42. The van der Waals surface area contributed by atoms with Crippen molar-refractivity contribution in [1.82, 2.24) is 0 Å². The first-order valence-electron chi connectivity index (χ1n) is 5.44. The first kappa shape index (κ1) is 12.3. The fourth-order valence-electron chi connectivity index (χ4n) is 1.62. The van der Waals surface area contributed by atoms with Crippen LogP contribution in [0.1, 0.15) is 10.9 Å². The molecule has 90 valence electrons. The summed E-state index contributed by atoms with van der Waals surface area (Å²) in [5.74, 6) is 0. The summed E-state index contributed by atoms with van der Waals surface area (Å²) in [4.78, 5) is 0. The lowest BCUT2D eigenvalue weighted by molar-refractivity contribution is -0.778. The van der Waals surface area contributed by atoms with Crippen LogP contribution in [0.2, 0.25) is 0 Å². The van der Waals surface area contributed by atoms with Crippen LogP contribution in [0, 0.1) is 5.21 Å². The molecule has 3 unspecified atom stereocenters. The summed E-state index contributed by atoms with van der Waals surface area (Å²) in [5, 5.41) is 15.4. The Hall–Kier alpha value is -1.20. The van der Waals surface area contributed by atoms with Crippen LogP contribution in [-0.4, -0.2) is 12.4 Å². The molecule has 0 amide bonds. The zero-order chi connectivity index (χ0) is 12.3. The van der Waals surface area contributed by atoms with Gasteiger partial charge in [-0.2, -0.15) is 0 Å². The Morgan fingerprint density at radius 2 is 2.00 bits per heavy atom. The number of likely N-dealkylation sites (N-methyl/N-ethyl adjacent to an activating group) is 1. The van der Waals surface area contributed by atoms with Crippen molar-refractivity contribution in [2.75, 3.05) is 7.05 Å². The van der Waals surface area contributed by atoms with Crippen LogP contribution in [0.3, 0.4) is 0 Å². The fraction of sp³-hybridized carbons (Fsp3) is 0.154. The van der Waals surface area contributed by atoms with Gasteiger partial charge in [0.05, 0.1) is 12.4 Å². The van der Waals surface area contributed by atoms with Crippen molar-refractivity contribution >= 4 is 15.9 Å². The van der Waals surface area contributed by atoms with E-state index in [0.29, 0.717) is 0 Å². The third-order valence-corrected chi connectivity index (χ3v) is 4.46. The number of hydrogen-bond acceptors (Lipinski definition) is 2. The Morgan fingerprint density at radius 3 is 2.65 bits per heavy atom. The number of benzene rings is 1. The van der Waals surface area contributed by atoms with Gasteiger partial charge in [-0.3, -0.25) is 0 Å². The average molecular weight is 248 g/mol. The Balaban J connectivity index is 2.25. The van der Waals surface area contributed by atoms with Crippen molar-refractivity contribution in [2.24, 2.45) is 5.73 Å². The van der Waals surface area contributed by atoms with E-state index in [-0.39, 0.29) is 20.9 Å². The molecule has 1 aliphatic heterocycles. The maximum Gasteiger partial charge on any atom is 0.136 e. The Labute approximate surface area is 104 Å². The Kier molecular flexibility index (Phi) is 3.91. The molecule has 3 nitrogen and oxygen atoms in total. The largest absolute Gasteiger partial charge is 0.629 e. The lowest BCUT2D eigenvalue weighted by Crippen LogP contribution is -3.01. The molecule has 0 aromatic heterocycles. The number of hydrogen-bond donors (Lipinski definition) is 2. The molecule has 1 aliphatic rings. The minimum Gasteiger partial charge on any atom is -0.629 e. The third-order valence-electron chi connectivity index (χ3n) is 2.60. The normalized spacial score (nSPS) is 22.5. The number of allylic oxidation sites excluding steroid dienone is 2. The van der Waals surface area contributed by atoms with E-state index in [2.05, 4.69) is 5.37 Å². The highest BCUT2D eigenvalue weighted by molar-refractivity contribution is 8.17. The standard InChI is InChI=1S/C13H16N2OS/c1-15(16)12-8-5-9-17(10-12)13(14)11-6-3-2-4-7-11/h2-10,13,15H,14H2,1H3. The van der Waals surface area contributed by atoms with Gasteiger partial charge in [-0.25, -0.2) is 0 Å². The number of quaternary nitrogens is 1. The minimum absolute atomic E-state index is 0.0736. The maximum atomic E-state index is 11.3. The second-order valence-electron chi connectivity index (χ2n) is 3.86. The first-order chi connectivity index (χ1) is 8.18. The van der Waals surface area contributed by atoms with Crippen LogP contribution < -0.4 is 10.8 Å². The summed E-state index contributed by atoms with van der Waals surface area (Å²) in [7, 11) is 1.37. The molecule has 0 spiro atoms. The number of nitrogens with one attached hydrogen (secondary N) is 1. The van der Waals surface area contributed by atoms with Gasteiger partial charge in [0.15, 0.2) is 0 Å². The highest BCUT2D eigenvalue weighted by Gasteiger charge is 2.12. The molecule has 3 atom stereocenters. The van der Waals surface area contributed by atoms with Gasteiger partial charge in [0, 0.05) is 11.5 Å². The van der Waals surface area contributed by atoms with Crippen LogP contribution in [-0.2, 0) is 0 Å². The van der Waals surface area contributed by atoms with Gasteiger partial charge in [0.25, 0.3) is 0 Å². The topological polar surface area (TPSA) is 53.5 Å². The quantitative estimate of drug-likeness (QED) is 0.622. The molecule has 0 saturated carbocycles. The summed E-state index contributed by atoms with van der Waals surface area (Å²) in [6.45, 7) is 0. The molecule has 4 heteroatoms. The van der Waals surface area contributed by atoms with E-state index in [4.69, 9.17) is 5.73 Å². The predicted octanol–water partition coefficient (Wildman–Crippen LogP) is 1.14. The number of rotatable bonds is 3. The van der Waals surface area contributed by atoms with Gasteiger partial charge in [-0.1, -0.05) is 36.4 Å². The molecule has 0 bridgehead atoms. The first-order valence-corrected chi connectivity index (χ1v) is 6.85. The number of hydroxylamine groups is 2. The highest BCUT2D eigenvalue weighted by Crippen LogP contribution is 2.33. The van der Waals surface area contributed by atoms with Gasteiger partial charge in [-0.15, -0.1) is 10.5 Å². The van der Waals surface area contributed by atoms with Gasteiger partial charge < -0.3 is 16.0 Å². The van der Waals surface area contributed by atoms with Gasteiger partial charge in [0.2, 0.25) is 0 Å². The summed E-state index contributed by atoms with van der Waals surface area (Å²) in [6.07, 6.45) is 3.76. The highest BCUT2D eigenvalue weighted by atomic mass is 32.2. The van der Waals surface area contributed by atoms with E-state index in [0.717, 1.165) is 11.3 Å². The van der Waals surface area contributed by atoms with E-state index in [1.54, 1.807) is 7.05 Å². The fourth-order valence-corrected chi connectivity index (χ4v) is 3.28. The second-order valence-corrected chi connectivity index (χ2v) is 5.70. The summed E-state index contributed by atoms with van der Waals surface area (Å²) in [5.41, 5.74) is 8.07. The minimum atomic E-state index is -0.208. The molecule has 0 radical (unpaired) electrons. The zero-order valence-corrected chi connectivity index (χ0v) is 10.5. The molecular formula is C13H16N2OS. The molecule has 3 N–H and O–H groups in total. The van der Waals surface area contributed by atoms with Crippen molar-refractivity contribution < 1.29 is 5.06 Å². The van der Waals surface area contributed by atoms with E-state index >= 15 is 0 Å². The number of nitrogens with two attached hydrogens (primary N) is 1. The molecule has 1 aromatic carbocycles. The molecule has 0 saturated heterocycles. The van der Waals surface area contributed by atoms with E-state index < -0.39 is 0 Å². The molecular weight excluding hydrogens is 232 g/mol. The molecule has 0 aliphatic carbocycles. The Bertz CT molecular complexity index is 477. The van der Waals surface area contributed by atoms with Gasteiger partial charge >= 0.3 is 0 Å². The van der Waals surface area contributed by atoms with Crippen molar-refractivity contribution in [2.45, 2.75) is 5.37 Å². The monoisotopic (exact) mass is 248 g/mol. The SMILES string of the molecule is C[NH+]([O-])C1=CS(C(N)c2ccccc2)=CC=C1. The third kappa shape index (κ3) is 2.92. The summed E-state index contributed by atoms with van der Waals surface area (Å²) < 4.78 is 0. The van der Waals surface area contributed by atoms with Crippen LogP contribution in [0.25, 0.3) is 0 Å².